The Hall–Kier alpha value is -3.28. The van der Waals surface area contributed by atoms with E-state index in [9.17, 15) is 24.9 Å². The van der Waals surface area contributed by atoms with Gasteiger partial charge in [-0.1, -0.05) is 65.8 Å². The van der Waals surface area contributed by atoms with Gasteiger partial charge in [-0.25, -0.2) is 0 Å². The highest BCUT2D eigenvalue weighted by Crippen LogP contribution is 2.65. The maximum absolute atomic E-state index is 13.9. The first kappa shape index (κ1) is 33.2. The van der Waals surface area contributed by atoms with Crippen LogP contribution in [0.25, 0.3) is 16.7 Å². The van der Waals surface area contributed by atoms with Crippen LogP contribution in [0.5, 0.6) is 11.5 Å². The molecule has 258 valence electrons. The number of aromatic hydroxyl groups is 2. The number of aliphatic hydroxyl groups is 1. The van der Waals surface area contributed by atoms with Crippen LogP contribution in [-0.4, -0.2) is 26.9 Å². The Kier molecular flexibility index (Phi) is 7.52. The molecule has 0 radical (unpaired) electrons. The number of allylic oxidation sites excluding steroid dienone is 3. The summed E-state index contributed by atoms with van der Waals surface area (Å²) < 4.78 is 6.25. The SMILES string of the molecule is C=C1CCC[C@H]2[C@](C)(CC3=C(O)c4c(oc5c(C[C@]6(C)[C@@H](C)CC[C@@]7(C)C(=C)CCC[C@@H]67)c(O)c(O)cc45)C(=O)C3=O)[C@@H](C)CC[C@@]12C. The van der Waals surface area contributed by atoms with Crippen LogP contribution in [0, 0.1) is 45.3 Å². The molecule has 1 heterocycles. The Morgan fingerprint density at radius 3 is 1.85 bits per heavy atom. The summed E-state index contributed by atoms with van der Waals surface area (Å²) >= 11 is 0. The zero-order valence-corrected chi connectivity index (χ0v) is 29.9. The quantitative estimate of drug-likeness (QED) is 0.172. The van der Waals surface area contributed by atoms with Crippen LogP contribution in [0.4, 0.5) is 0 Å². The lowest BCUT2D eigenvalue weighted by Crippen LogP contribution is -2.51. The average Bonchev–Trinajstić information content (AvgIpc) is 3.42. The Morgan fingerprint density at radius 1 is 0.792 bits per heavy atom. The predicted molar refractivity (Wildman–Crippen MR) is 189 cm³/mol. The van der Waals surface area contributed by atoms with E-state index in [1.54, 1.807) is 0 Å². The summed E-state index contributed by atoms with van der Waals surface area (Å²) in [5.74, 6) is -1.37. The number of fused-ring (bicyclic) bond motifs is 5. The summed E-state index contributed by atoms with van der Waals surface area (Å²) in [5, 5.41) is 34.9. The molecule has 0 bridgehead atoms. The van der Waals surface area contributed by atoms with Crippen LogP contribution in [0.3, 0.4) is 0 Å². The first-order valence-electron chi connectivity index (χ1n) is 18.4. The molecule has 5 aliphatic rings. The Morgan fingerprint density at radius 2 is 1.31 bits per heavy atom. The molecule has 3 N–H and O–H groups in total. The van der Waals surface area contributed by atoms with Crippen LogP contribution < -0.4 is 0 Å². The van der Waals surface area contributed by atoms with Crippen LogP contribution >= 0.6 is 0 Å². The largest absolute Gasteiger partial charge is 0.507 e. The van der Waals surface area contributed by atoms with Crippen molar-refractivity contribution in [1.29, 1.82) is 0 Å². The molecule has 1 aromatic heterocycles. The number of hydrogen-bond donors (Lipinski definition) is 3. The molecule has 5 aliphatic carbocycles. The summed E-state index contributed by atoms with van der Waals surface area (Å²) in [4.78, 5) is 27.8. The molecule has 0 spiro atoms. The van der Waals surface area contributed by atoms with E-state index < -0.39 is 11.6 Å². The standard InChI is InChI=1S/C42H54O6/c1-22-11-9-13-30-39(22,5)17-15-24(3)41(30,7)20-27-34(45)32-26-19-29(43)33(44)28(37(26)48-38(32)36(47)35(27)46)21-42(8)25(4)16-18-40(6)23(2)12-10-14-31(40)42/h19,24-25,30-31,43-45H,1-2,9-18,20-21H2,3-8H3/t24-,25-,30+,31+,39-,40-,41+,42+/m0/s1. The third-order valence-electron chi connectivity index (χ3n) is 15.5. The second kappa shape index (κ2) is 10.9. The summed E-state index contributed by atoms with van der Waals surface area (Å²) in [5.41, 5.74) is 2.88. The van der Waals surface area contributed by atoms with Crippen LogP contribution in [-0.2, 0) is 11.2 Å². The molecule has 0 amide bonds. The van der Waals surface area contributed by atoms with E-state index in [4.69, 9.17) is 4.42 Å². The van der Waals surface area contributed by atoms with E-state index in [0.29, 0.717) is 29.2 Å². The average molecular weight is 655 g/mol. The number of carbonyl (C=O) groups is 2. The van der Waals surface area contributed by atoms with Crippen molar-refractivity contribution in [3.63, 3.8) is 0 Å². The zero-order chi connectivity index (χ0) is 34.7. The Bertz CT molecular complexity index is 1810. The number of Topliss-reactive ketones (excluding diaryl/α,β-unsaturated/α-hetero) is 2. The van der Waals surface area contributed by atoms with Crippen molar-refractivity contribution in [3.05, 3.63) is 52.8 Å². The highest BCUT2D eigenvalue weighted by Gasteiger charge is 2.57. The van der Waals surface area contributed by atoms with Crippen molar-refractivity contribution in [2.24, 2.45) is 45.3 Å². The molecule has 1 aromatic carbocycles. The minimum atomic E-state index is -0.782. The highest BCUT2D eigenvalue weighted by molar-refractivity contribution is 6.52. The van der Waals surface area contributed by atoms with Crippen LogP contribution in [0.1, 0.15) is 134 Å². The van der Waals surface area contributed by atoms with E-state index in [2.05, 4.69) is 54.7 Å². The fourth-order valence-electron chi connectivity index (χ4n) is 11.8. The van der Waals surface area contributed by atoms with Gasteiger partial charge in [-0.3, -0.25) is 9.59 Å². The van der Waals surface area contributed by atoms with Gasteiger partial charge in [0.2, 0.25) is 5.78 Å². The second-order valence-corrected chi connectivity index (χ2v) is 17.6. The molecule has 4 fully saturated rings. The van der Waals surface area contributed by atoms with Gasteiger partial charge in [0.25, 0.3) is 5.78 Å². The van der Waals surface area contributed by atoms with E-state index in [1.165, 1.54) is 17.2 Å². The van der Waals surface area contributed by atoms with Gasteiger partial charge in [-0.05, 0) is 128 Å². The Balaban J connectivity index is 1.35. The minimum Gasteiger partial charge on any atom is -0.507 e. The predicted octanol–water partition coefficient (Wildman–Crippen LogP) is 10.4. The minimum absolute atomic E-state index is 0.0150. The topological polar surface area (TPSA) is 108 Å². The van der Waals surface area contributed by atoms with Crippen LogP contribution in [0.15, 0.2) is 40.4 Å². The van der Waals surface area contributed by atoms with E-state index >= 15 is 0 Å². The maximum Gasteiger partial charge on any atom is 0.269 e. The summed E-state index contributed by atoms with van der Waals surface area (Å²) in [7, 11) is 0. The molecule has 6 nitrogen and oxygen atoms in total. The van der Waals surface area contributed by atoms with Crippen molar-refractivity contribution in [2.45, 2.75) is 119 Å². The monoisotopic (exact) mass is 654 g/mol. The van der Waals surface area contributed by atoms with Gasteiger partial charge in [0, 0.05) is 16.5 Å². The number of aliphatic hydroxyl groups excluding tert-OH is 1. The number of phenolic OH excluding ortho intramolecular Hbond substituents is 2. The van der Waals surface area contributed by atoms with Gasteiger partial charge in [0.15, 0.2) is 17.3 Å². The van der Waals surface area contributed by atoms with E-state index in [-0.39, 0.29) is 79.7 Å². The summed E-state index contributed by atoms with van der Waals surface area (Å²) in [6.07, 6.45) is 11.1. The molecule has 48 heavy (non-hydrogen) atoms. The van der Waals surface area contributed by atoms with E-state index in [1.807, 2.05) is 0 Å². The fraction of sp³-hybridized carbons (Fsp3) is 0.619. The van der Waals surface area contributed by atoms with Crippen molar-refractivity contribution in [1.82, 2.24) is 0 Å². The van der Waals surface area contributed by atoms with E-state index in [0.717, 1.165) is 64.2 Å². The third-order valence-corrected chi connectivity index (χ3v) is 15.5. The number of hydrogen-bond acceptors (Lipinski definition) is 6. The molecule has 0 aliphatic heterocycles. The molecule has 2 aromatic rings. The smallest absolute Gasteiger partial charge is 0.269 e. The van der Waals surface area contributed by atoms with Crippen LogP contribution in [0.2, 0.25) is 0 Å². The Labute approximate surface area is 285 Å². The summed E-state index contributed by atoms with van der Waals surface area (Å²) in [6, 6.07) is 1.37. The molecule has 0 unspecified atom stereocenters. The van der Waals surface area contributed by atoms with Gasteiger partial charge in [-0.15, -0.1) is 0 Å². The first-order valence-corrected chi connectivity index (χ1v) is 18.4. The van der Waals surface area contributed by atoms with Gasteiger partial charge < -0.3 is 19.7 Å². The van der Waals surface area contributed by atoms with Crippen molar-refractivity contribution in [3.8, 4) is 11.5 Å². The fourth-order valence-corrected chi connectivity index (χ4v) is 11.8. The number of benzene rings is 1. The van der Waals surface area contributed by atoms with Crippen molar-refractivity contribution < 1.29 is 29.3 Å². The first-order chi connectivity index (χ1) is 22.5. The molecule has 7 rings (SSSR count). The summed E-state index contributed by atoms with van der Waals surface area (Å²) in [6.45, 7) is 22.6. The zero-order valence-electron chi connectivity index (χ0n) is 29.9. The molecule has 0 saturated heterocycles. The maximum atomic E-state index is 13.9. The third kappa shape index (κ3) is 4.35. The number of rotatable bonds is 4. The van der Waals surface area contributed by atoms with Gasteiger partial charge in [0.1, 0.15) is 11.3 Å². The van der Waals surface area contributed by atoms with Crippen molar-refractivity contribution >= 4 is 28.3 Å². The number of phenols is 2. The molecular weight excluding hydrogens is 600 g/mol. The molecule has 6 heteroatoms. The molecular formula is C42H54O6. The van der Waals surface area contributed by atoms with Gasteiger partial charge in [-0.2, -0.15) is 0 Å². The lowest BCUT2D eigenvalue weighted by molar-refractivity contribution is -0.113. The number of carbonyl (C=O) groups excluding carboxylic acids is 2. The highest BCUT2D eigenvalue weighted by atomic mass is 16.4. The molecule has 4 saturated carbocycles. The number of furan rings is 1. The van der Waals surface area contributed by atoms with Gasteiger partial charge >= 0.3 is 0 Å². The number of ketones is 2. The lowest BCUT2D eigenvalue weighted by Gasteiger charge is -2.59. The molecule has 8 atom stereocenters. The lowest BCUT2D eigenvalue weighted by atomic mass is 9.46. The second-order valence-electron chi connectivity index (χ2n) is 17.6. The normalized spacial score (nSPS) is 38.6. The van der Waals surface area contributed by atoms with Crippen molar-refractivity contribution in [2.75, 3.05) is 0 Å². The van der Waals surface area contributed by atoms with Gasteiger partial charge in [0.05, 0.1) is 5.56 Å².